The lowest BCUT2D eigenvalue weighted by atomic mass is 10.1. The highest BCUT2D eigenvalue weighted by molar-refractivity contribution is 9.09. The van der Waals surface area contributed by atoms with Crippen LogP contribution < -0.4 is 16.2 Å². The summed E-state index contributed by atoms with van der Waals surface area (Å²) in [4.78, 5) is 27.1. The van der Waals surface area contributed by atoms with Crippen molar-refractivity contribution < 1.29 is 37.3 Å². The number of hydrogen-bond acceptors (Lipinski definition) is 11. The van der Waals surface area contributed by atoms with Crippen molar-refractivity contribution in [3.05, 3.63) is 111 Å². The molecule has 272 valence electrons. The number of aromatic nitrogens is 2. The van der Waals surface area contributed by atoms with Gasteiger partial charge in [0.25, 0.3) is 8.53 Å². The molecule has 1 aromatic heterocycles. The number of ether oxygens (including phenoxy) is 2. The Labute approximate surface area is 302 Å². The molecule has 13 nitrogen and oxygen atoms in total. The molecule has 4 aromatic rings. The van der Waals surface area contributed by atoms with E-state index in [2.05, 4.69) is 20.9 Å². The number of nitro benzene ring substituents is 1. The number of alkyl halides is 3. The molecule has 5 rings (SSSR count). The van der Waals surface area contributed by atoms with Crippen molar-refractivity contribution in [2.24, 2.45) is 0 Å². The van der Waals surface area contributed by atoms with Crippen LogP contribution in [0, 0.1) is 10.1 Å². The standard InChI is InChI=1S/C34H37BrF2N5O8P/c1-2-40(18-7-6-17-35)51(48-22-29-31(43)34(36,37)32(50-29)41-19-16-30(38)39-33(41)44)47-21-23-10-15-27(42(45)46)28(20-23)49-26-13-11-25(12-14-26)24-8-4-3-5-9-24/h3-5,8-16,19-20,29,31-32,43H,2,6-7,17-18,21-22H2,1H3,(H2,38,39,44). The van der Waals surface area contributed by atoms with E-state index in [1.54, 1.807) is 12.1 Å². The van der Waals surface area contributed by atoms with Gasteiger partial charge >= 0.3 is 17.3 Å². The molecular formula is C34H37BrF2N5O8P. The van der Waals surface area contributed by atoms with Crippen LogP contribution in [0.1, 0.15) is 31.6 Å². The van der Waals surface area contributed by atoms with Crippen molar-refractivity contribution >= 4 is 36.0 Å². The third-order valence-electron chi connectivity index (χ3n) is 7.98. The first kappa shape index (κ1) is 38.3. The van der Waals surface area contributed by atoms with E-state index in [9.17, 15) is 20.0 Å². The summed E-state index contributed by atoms with van der Waals surface area (Å²) in [5.74, 6) is -3.60. The minimum Gasteiger partial charge on any atom is -0.450 e. The lowest BCUT2D eigenvalue weighted by Crippen LogP contribution is -2.42. The summed E-state index contributed by atoms with van der Waals surface area (Å²) >= 11 is 3.42. The van der Waals surface area contributed by atoms with Gasteiger partial charge in [-0.1, -0.05) is 65.3 Å². The van der Waals surface area contributed by atoms with Gasteiger partial charge in [-0.15, -0.1) is 0 Å². The topological polar surface area (TPSA) is 164 Å². The van der Waals surface area contributed by atoms with Crippen LogP contribution >= 0.6 is 24.5 Å². The second-order valence-electron chi connectivity index (χ2n) is 11.5. The molecule has 0 radical (unpaired) electrons. The second kappa shape index (κ2) is 17.6. The summed E-state index contributed by atoms with van der Waals surface area (Å²) in [6, 6.07) is 22.4. The fourth-order valence-corrected chi connectivity index (χ4v) is 7.14. The number of aliphatic hydroxyl groups is 1. The maximum atomic E-state index is 15.2. The second-order valence-corrected chi connectivity index (χ2v) is 13.8. The van der Waals surface area contributed by atoms with Crippen LogP contribution in [0.4, 0.5) is 20.3 Å². The van der Waals surface area contributed by atoms with Crippen LogP contribution in [0.5, 0.6) is 11.5 Å². The Morgan fingerprint density at radius 1 is 1.10 bits per heavy atom. The maximum absolute atomic E-state index is 15.2. The SMILES string of the molecule is CCN(CCCCBr)P(OCc1ccc([N+](=O)[O-])c(Oc2ccc(-c3ccccc3)cc2)c1)OCC1OC(n2ccc(N)nc2=O)C(F)(F)C1O. The zero-order valence-corrected chi connectivity index (χ0v) is 30.0. The molecule has 0 amide bonds. The molecule has 1 fully saturated rings. The number of nitrogens with two attached hydrogens (primary N) is 1. The molecule has 4 atom stereocenters. The van der Waals surface area contributed by atoms with Crippen molar-refractivity contribution in [3.8, 4) is 22.6 Å². The van der Waals surface area contributed by atoms with E-state index in [1.165, 1.54) is 24.3 Å². The number of anilines is 1. The molecule has 3 aromatic carbocycles. The van der Waals surface area contributed by atoms with E-state index in [0.29, 0.717) is 29.0 Å². The van der Waals surface area contributed by atoms with Crippen molar-refractivity contribution in [1.29, 1.82) is 0 Å². The van der Waals surface area contributed by atoms with Gasteiger partial charge in [-0.2, -0.15) is 13.8 Å². The van der Waals surface area contributed by atoms with Crippen LogP contribution in [-0.4, -0.2) is 67.4 Å². The molecule has 1 aliphatic rings. The Morgan fingerprint density at radius 2 is 1.82 bits per heavy atom. The number of nitro groups is 1. The Kier molecular flexibility index (Phi) is 13.2. The van der Waals surface area contributed by atoms with Gasteiger partial charge in [-0.05, 0) is 59.9 Å². The number of rotatable bonds is 17. The largest absolute Gasteiger partial charge is 0.450 e. The zero-order valence-electron chi connectivity index (χ0n) is 27.5. The first-order chi connectivity index (χ1) is 24.5. The summed E-state index contributed by atoms with van der Waals surface area (Å²) in [5, 5.41) is 23.2. The van der Waals surface area contributed by atoms with Crippen LogP contribution in [-0.2, 0) is 20.4 Å². The number of hydrogen-bond donors (Lipinski definition) is 2. The summed E-state index contributed by atoms with van der Waals surface area (Å²) < 4.78 is 56.5. The minimum atomic E-state index is -3.85. The highest BCUT2D eigenvalue weighted by Crippen LogP contribution is 2.47. The molecule has 0 bridgehead atoms. The van der Waals surface area contributed by atoms with Crippen molar-refractivity contribution in [1.82, 2.24) is 14.2 Å². The summed E-state index contributed by atoms with van der Waals surface area (Å²) in [7, 11) is -1.90. The first-order valence-corrected chi connectivity index (χ1v) is 18.3. The van der Waals surface area contributed by atoms with E-state index < -0.39 is 50.1 Å². The van der Waals surface area contributed by atoms with Crippen LogP contribution in [0.3, 0.4) is 0 Å². The molecule has 2 heterocycles. The van der Waals surface area contributed by atoms with Gasteiger partial charge in [-0.3, -0.25) is 14.7 Å². The number of nitrogens with zero attached hydrogens (tertiary/aromatic N) is 4. The van der Waals surface area contributed by atoms with Gasteiger partial charge in [0.2, 0.25) is 12.0 Å². The van der Waals surface area contributed by atoms with E-state index >= 15 is 8.78 Å². The summed E-state index contributed by atoms with van der Waals surface area (Å²) in [6.45, 7) is 2.38. The van der Waals surface area contributed by atoms with Crippen molar-refractivity contribution in [2.75, 3.05) is 30.8 Å². The van der Waals surface area contributed by atoms with E-state index in [-0.39, 0.29) is 23.9 Å². The van der Waals surface area contributed by atoms with E-state index in [0.717, 1.165) is 35.5 Å². The Morgan fingerprint density at radius 3 is 2.49 bits per heavy atom. The first-order valence-electron chi connectivity index (χ1n) is 16.0. The normalized spacial score (nSPS) is 18.9. The fraction of sp³-hybridized carbons (Fsp3) is 0.353. The molecular weight excluding hydrogens is 755 g/mol. The van der Waals surface area contributed by atoms with Crippen LogP contribution in [0.15, 0.2) is 89.9 Å². The molecule has 17 heteroatoms. The van der Waals surface area contributed by atoms with Gasteiger partial charge in [0.1, 0.15) is 17.7 Å². The number of halogens is 3. The third kappa shape index (κ3) is 9.51. The molecule has 51 heavy (non-hydrogen) atoms. The van der Waals surface area contributed by atoms with Gasteiger partial charge in [0.15, 0.2) is 6.10 Å². The smallest absolute Gasteiger partial charge is 0.351 e. The van der Waals surface area contributed by atoms with Gasteiger partial charge in [0.05, 0.1) is 18.1 Å². The number of benzene rings is 3. The van der Waals surface area contributed by atoms with Crippen molar-refractivity contribution in [2.45, 2.75) is 50.7 Å². The Hall–Kier alpha value is -3.89. The molecule has 0 saturated carbocycles. The highest BCUT2D eigenvalue weighted by atomic mass is 79.9. The lowest BCUT2D eigenvalue weighted by molar-refractivity contribution is -0.385. The molecule has 1 saturated heterocycles. The number of unbranched alkanes of at least 4 members (excludes halogenated alkanes) is 1. The van der Waals surface area contributed by atoms with E-state index in [4.69, 9.17) is 24.3 Å². The number of nitrogen functional groups attached to an aromatic ring is 1. The quantitative estimate of drug-likeness (QED) is 0.0371. The lowest BCUT2D eigenvalue weighted by Gasteiger charge is -2.29. The average molecular weight is 793 g/mol. The van der Waals surface area contributed by atoms with Gasteiger partial charge in [0, 0.05) is 30.7 Å². The van der Waals surface area contributed by atoms with Gasteiger partial charge in [-0.25, -0.2) is 9.46 Å². The Bertz CT molecular complexity index is 1820. The maximum Gasteiger partial charge on any atom is 0.351 e. The van der Waals surface area contributed by atoms with Gasteiger partial charge < -0.3 is 29.4 Å². The fourth-order valence-electron chi connectivity index (χ4n) is 5.28. The predicted octanol–water partition coefficient (Wildman–Crippen LogP) is 7.04. The highest BCUT2D eigenvalue weighted by Gasteiger charge is 2.60. The third-order valence-corrected chi connectivity index (χ3v) is 10.2. The molecule has 4 unspecified atom stereocenters. The summed E-state index contributed by atoms with van der Waals surface area (Å²) in [5.41, 5.74) is 6.69. The monoisotopic (exact) mass is 791 g/mol. The zero-order chi connectivity index (χ0) is 36.5. The summed E-state index contributed by atoms with van der Waals surface area (Å²) in [6.07, 6.45) is -3.29. The number of aliphatic hydroxyl groups excluding tert-OH is 1. The van der Waals surface area contributed by atoms with E-state index in [1.807, 2.05) is 54.1 Å². The predicted molar refractivity (Wildman–Crippen MR) is 191 cm³/mol. The average Bonchev–Trinajstić information content (AvgIpc) is 3.34. The van der Waals surface area contributed by atoms with Crippen molar-refractivity contribution in [3.63, 3.8) is 0 Å². The van der Waals surface area contributed by atoms with Crippen LogP contribution in [0.25, 0.3) is 11.1 Å². The molecule has 0 aliphatic carbocycles. The Balaban J connectivity index is 1.31. The van der Waals surface area contributed by atoms with Crippen LogP contribution in [0.2, 0.25) is 0 Å². The molecule has 3 N–H and O–H groups in total. The molecule has 1 aliphatic heterocycles. The molecule has 0 spiro atoms. The minimum absolute atomic E-state index is 0.00614.